The Labute approximate surface area is 205 Å². The predicted octanol–water partition coefficient (Wildman–Crippen LogP) is 3.24. The van der Waals surface area contributed by atoms with Crippen LogP contribution in [-0.4, -0.2) is 79.7 Å². The Morgan fingerprint density at radius 2 is 1.80 bits per heavy atom. The molecular weight excluding hydrogens is 448 g/mol. The number of methoxy groups -OCH3 is 1. The Hall–Kier alpha value is -3.36. The number of rotatable bonds is 9. The Morgan fingerprint density at radius 3 is 2.49 bits per heavy atom. The monoisotopic (exact) mass is 480 g/mol. The van der Waals surface area contributed by atoms with E-state index in [0.29, 0.717) is 55.4 Å². The van der Waals surface area contributed by atoms with Gasteiger partial charge in [0, 0.05) is 31.7 Å². The Balaban J connectivity index is 1.67. The van der Waals surface area contributed by atoms with Gasteiger partial charge in [0.2, 0.25) is 0 Å². The molecule has 2 aromatic carbocycles. The van der Waals surface area contributed by atoms with Crippen molar-refractivity contribution in [2.24, 2.45) is 0 Å². The first kappa shape index (κ1) is 24.8. The number of morpholine rings is 1. The van der Waals surface area contributed by atoms with Gasteiger partial charge in [0.05, 0.1) is 38.5 Å². The highest BCUT2D eigenvalue weighted by Crippen LogP contribution is 2.40. The highest BCUT2D eigenvalue weighted by molar-refractivity contribution is 6.46. The molecule has 1 N–H and O–H groups in total. The van der Waals surface area contributed by atoms with Crippen molar-refractivity contribution in [3.8, 4) is 11.5 Å². The number of aliphatic hydroxyl groups is 1. The molecule has 186 valence electrons. The second-order valence-electron chi connectivity index (χ2n) is 8.53. The van der Waals surface area contributed by atoms with Crippen molar-refractivity contribution in [3.05, 3.63) is 65.2 Å². The molecule has 0 saturated carbocycles. The summed E-state index contributed by atoms with van der Waals surface area (Å²) in [4.78, 5) is 30.2. The van der Waals surface area contributed by atoms with Gasteiger partial charge in [-0.25, -0.2) is 0 Å². The van der Waals surface area contributed by atoms with E-state index in [0.717, 1.165) is 19.6 Å². The van der Waals surface area contributed by atoms with Gasteiger partial charge in [0.1, 0.15) is 17.3 Å². The van der Waals surface area contributed by atoms with Gasteiger partial charge in [0.15, 0.2) is 0 Å². The summed E-state index contributed by atoms with van der Waals surface area (Å²) in [6.07, 6.45) is 0.705. The largest absolute Gasteiger partial charge is 0.507 e. The van der Waals surface area contributed by atoms with E-state index in [2.05, 4.69) is 4.90 Å². The first-order valence-corrected chi connectivity index (χ1v) is 12.0. The molecule has 0 spiro atoms. The van der Waals surface area contributed by atoms with Crippen LogP contribution in [0.1, 0.15) is 30.5 Å². The number of amides is 1. The Morgan fingerprint density at radius 1 is 1.06 bits per heavy atom. The summed E-state index contributed by atoms with van der Waals surface area (Å²) in [5.41, 5.74) is 1.24. The van der Waals surface area contributed by atoms with E-state index >= 15 is 0 Å². The normalized spacial score (nSPS) is 20.3. The average Bonchev–Trinajstić information content (AvgIpc) is 3.14. The van der Waals surface area contributed by atoms with Gasteiger partial charge in [-0.3, -0.25) is 14.5 Å². The number of ketones is 1. The van der Waals surface area contributed by atoms with Crippen LogP contribution < -0.4 is 9.47 Å². The lowest BCUT2D eigenvalue weighted by Gasteiger charge is -2.29. The van der Waals surface area contributed by atoms with Gasteiger partial charge in [-0.15, -0.1) is 0 Å². The number of Topliss-reactive ketones (excluding diaryl/α,β-unsaturated/α-hetero) is 1. The summed E-state index contributed by atoms with van der Waals surface area (Å²) in [6, 6.07) is 13.4. The summed E-state index contributed by atoms with van der Waals surface area (Å²) in [5, 5.41) is 11.2. The molecule has 0 radical (unpaired) electrons. The first-order chi connectivity index (χ1) is 17.0. The van der Waals surface area contributed by atoms with Crippen molar-refractivity contribution in [2.75, 3.05) is 53.1 Å². The van der Waals surface area contributed by atoms with Crippen LogP contribution in [0.25, 0.3) is 5.76 Å². The molecule has 2 aliphatic heterocycles. The van der Waals surface area contributed by atoms with E-state index in [1.165, 1.54) is 0 Å². The van der Waals surface area contributed by atoms with Gasteiger partial charge in [0.25, 0.3) is 11.7 Å². The lowest BCUT2D eigenvalue weighted by Crippen LogP contribution is -2.38. The zero-order valence-corrected chi connectivity index (χ0v) is 20.2. The lowest BCUT2D eigenvalue weighted by atomic mass is 9.95. The molecular formula is C27H32N2O6. The van der Waals surface area contributed by atoms with Gasteiger partial charge in [-0.2, -0.15) is 0 Å². The molecule has 8 nitrogen and oxygen atoms in total. The fraction of sp³-hybridized carbons (Fsp3) is 0.407. The summed E-state index contributed by atoms with van der Waals surface area (Å²) >= 11 is 0. The van der Waals surface area contributed by atoms with Crippen LogP contribution in [0.5, 0.6) is 11.5 Å². The lowest BCUT2D eigenvalue weighted by molar-refractivity contribution is -0.140. The Bertz CT molecular complexity index is 1080. The van der Waals surface area contributed by atoms with Crippen molar-refractivity contribution in [1.82, 2.24) is 9.80 Å². The molecule has 8 heteroatoms. The minimum absolute atomic E-state index is 0.0822. The third-order valence-electron chi connectivity index (χ3n) is 6.37. The number of carbonyl (C=O) groups is 2. The van der Waals surface area contributed by atoms with Gasteiger partial charge >= 0.3 is 0 Å². The standard InChI is InChI=1S/C27H32N2O6/c1-3-35-21-10-8-19(9-11-21)25(30)23-24(20-6-4-7-22(18-20)33-2)29(27(32)26(23)31)13-5-12-28-14-16-34-17-15-28/h4,6-11,18,24,30H,3,5,12-17H2,1-2H3/t24-/m1/s1. The number of hydrogen-bond acceptors (Lipinski definition) is 7. The van der Waals surface area contributed by atoms with Crippen molar-refractivity contribution in [1.29, 1.82) is 0 Å². The second-order valence-corrected chi connectivity index (χ2v) is 8.53. The maximum absolute atomic E-state index is 13.2. The molecule has 35 heavy (non-hydrogen) atoms. The molecule has 1 amide bonds. The van der Waals surface area contributed by atoms with Gasteiger partial charge in [-0.05, 0) is 55.3 Å². The quantitative estimate of drug-likeness (QED) is 0.335. The molecule has 2 aromatic rings. The van der Waals surface area contributed by atoms with E-state index in [1.807, 2.05) is 19.1 Å². The van der Waals surface area contributed by atoms with Crippen molar-refractivity contribution in [2.45, 2.75) is 19.4 Å². The minimum Gasteiger partial charge on any atom is -0.507 e. The van der Waals surface area contributed by atoms with Crippen molar-refractivity contribution < 1.29 is 28.9 Å². The van der Waals surface area contributed by atoms with Crippen LogP contribution in [0.15, 0.2) is 54.1 Å². The number of hydrogen-bond donors (Lipinski definition) is 1. The van der Waals surface area contributed by atoms with Gasteiger partial charge < -0.3 is 24.2 Å². The molecule has 0 aromatic heterocycles. The predicted molar refractivity (Wildman–Crippen MR) is 131 cm³/mol. The molecule has 0 unspecified atom stereocenters. The number of ether oxygens (including phenoxy) is 3. The molecule has 0 bridgehead atoms. The van der Waals surface area contributed by atoms with E-state index in [4.69, 9.17) is 14.2 Å². The van der Waals surface area contributed by atoms with Crippen LogP contribution in [0.2, 0.25) is 0 Å². The molecule has 2 fully saturated rings. The second kappa shape index (κ2) is 11.4. The molecule has 2 heterocycles. The highest BCUT2D eigenvalue weighted by Gasteiger charge is 2.46. The van der Waals surface area contributed by atoms with Crippen LogP contribution in [0.3, 0.4) is 0 Å². The molecule has 4 rings (SSSR count). The maximum atomic E-state index is 13.2. The number of aliphatic hydroxyl groups excluding tert-OH is 1. The Kier molecular flexibility index (Phi) is 8.05. The fourth-order valence-electron chi connectivity index (χ4n) is 4.59. The number of carbonyl (C=O) groups excluding carboxylic acids is 2. The third-order valence-corrected chi connectivity index (χ3v) is 6.37. The van der Waals surface area contributed by atoms with Crippen LogP contribution in [0, 0.1) is 0 Å². The third kappa shape index (κ3) is 5.49. The molecule has 2 saturated heterocycles. The summed E-state index contributed by atoms with van der Waals surface area (Å²) < 4.78 is 16.3. The zero-order valence-electron chi connectivity index (χ0n) is 20.2. The van der Waals surface area contributed by atoms with E-state index < -0.39 is 17.7 Å². The van der Waals surface area contributed by atoms with E-state index in [9.17, 15) is 14.7 Å². The number of benzene rings is 2. The summed E-state index contributed by atoms with van der Waals surface area (Å²) in [7, 11) is 1.57. The molecule has 0 aliphatic carbocycles. The van der Waals surface area contributed by atoms with Crippen LogP contribution >= 0.6 is 0 Å². The summed E-state index contributed by atoms with van der Waals surface area (Å²) in [6.45, 7) is 6.73. The molecule has 2 aliphatic rings. The topological polar surface area (TPSA) is 88.5 Å². The van der Waals surface area contributed by atoms with E-state index in [-0.39, 0.29) is 11.3 Å². The van der Waals surface area contributed by atoms with Crippen molar-refractivity contribution >= 4 is 17.4 Å². The summed E-state index contributed by atoms with van der Waals surface area (Å²) in [5.74, 6) is -0.211. The van der Waals surface area contributed by atoms with Crippen LogP contribution in [0.4, 0.5) is 0 Å². The highest BCUT2D eigenvalue weighted by atomic mass is 16.5. The number of likely N-dealkylation sites (tertiary alicyclic amines) is 1. The smallest absolute Gasteiger partial charge is 0.295 e. The fourth-order valence-corrected chi connectivity index (χ4v) is 4.59. The van der Waals surface area contributed by atoms with Gasteiger partial charge in [-0.1, -0.05) is 12.1 Å². The first-order valence-electron chi connectivity index (χ1n) is 12.0. The maximum Gasteiger partial charge on any atom is 0.295 e. The SMILES string of the molecule is CCOc1ccc(C(O)=C2C(=O)C(=O)N(CCCN3CCOCC3)[C@@H]2c2cccc(OC)c2)cc1. The molecule has 1 atom stereocenters. The number of nitrogens with zero attached hydrogens (tertiary/aromatic N) is 2. The van der Waals surface area contributed by atoms with E-state index in [1.54, 1.807) is 48.4 Å². The minimum atomic E-state index is -0.707. The van der Waals surface area contributed by atoms with Crippen molar-refractivity contribution in [3.63, 3.8) is 0 Å². The van der Waals surface area contributed by atoms with Crippen LogP contribution in [-0.2, 0) is 14.3 Å². The average molecular weight is 481 g/mol. The zero-order chi connectivity index (χ0) is 24.8.